The summed E-state index contributed by atoms with van der Waals surface area (Å²) in [5.41, 5.74) is 1.24. The average Bonchev–Trinajstić information content (AvgIpc) is 2.80. The molecule has 1 N–H and O–H groups in total. The summed E-state index contributed by atoms with van der Waals surface area (Å²) >= 11 is 0. The Hall–Kier alpha value is -3.61. The first-order chi connectivity index (χ1) is 14.2. The van der Waals surface area contributed by atoms with Crippen LogP contribution in [0.15, 0.2) is 67.0 Å². The Labute approximate surface area is 170 Å². The van der Waals surface area contributed by atoms with Gasteiger partial charge in [-0.25, -0.2) is 9.97 Å². The SMILES string of the molecule is COc1ccc(NC(=O)c2ccc(N3CCN(c4ccccn4)CC3)nc2)cc1. The van der Waals surface area contributed by atoms with Gasteiger partial charge < -0.3 is 19.9 Å². The predicted molar refractivity (Wildman–Crippen MR) is 114 cm³/mol. The smallest absolute Gasteiger partial charge is 0.257 e. The molecule has 0 aliphatic carbocycles. The fourth-order valence-electron chi connectivity index (χ4n) is 3.29. The first-order valence-corrected chi connectivity index (χ1v) is 9.55. The maximum atomic E-state index is 12.4. The molecule has 1 amide bonds. The van der Waals surface area contributed by atoms with E-state index < -0.39 is 0 Å². The lowest BCUT2D eigenvalue weighted by molar-refractivity contribution is 0.102. The van der Waals surface area contributed by atoms with Crippen LogP contribution in [-0.2, 0) is 0 Å². The number of anilines is 3. The van der Waals surface area contributed by atoms with Gasteiger partial charge in [-0.1, -0.05) is 6.07 Å². The summed E-state index contributed by atoms with van der Waals surface area (Å²) in [4.78, 5) is 25.9. The van der Waals surface area contributed by atoms with E-state index in [0.29, 0.717) is 11.3 Å². The lowest BCUT2D eigenvalue weighted by Crippen LogP contribution is -2.47. The molecule has 1 saturated heterocycles. The molecule has 0 bridgehead atoms. The van der Waals surface area contributed by atoms with Gasteiger partial charge in [0.25, 0.3) is 5.91 Å². The topological polar surface area (TPSA) is 70.6 Å². The fraction of sp³-hybridized carbons (Fsp3) is 0.227. The second-order valence-corrected chi connectivity index (χ2v) is 6.75. The second-order valence-electron chi connectivity index (χ2n) is 6.75. The quantitative estimate of drug-likeness (QED) is 0.723. The summed E-state index contributed by atoms with van der Waals surface area (Å²) in [6, 6.07) is 16.9. The highest BCUT2D eigenvalue weighted by atomic mass is 16.5. The summed E-state index contributed by atoms with van der Waals surface area (Å²) in [6.07, 6.45) is 3.44. The highest BCUT2D eigenvalue weighted by Gasteiger charge is 2.19. The van der Waals surface area contributed by atoms with Crippen molar-refractivity contribution in [1.82, 2.24) is 9.97 Å². The molecule has 3 aromatic rings. The molecule has 148 valence electrons. The molecule has 29 heavy (non-hydrogen) atoms. The number of carbonyl (C=O) groups excluding carboxylic acids is 1. The zero-order chi connectivity index (χ0) is 20.1. The number of benzene rings is 1. The Balaban J connectivity index is 1.34. The largest absolute Gasteiger partial charge is 0.497 e. The highest BCUT2D eigenvalue weighted by molar-refractivity contribution is 6.04. The van der Waals surface area contributed by atoms with Gasteiger partial charge in [-0.15, -0.1) is 0 Å². The van der Waals surface area contributed by atoms with E-state index in [1.54, 1.807) is 25.4 Å². The van der Waals surface area contributed by atoms with E-state index >= 15 is 0 Å². The van der Waals surface area contributed by atoms with Crippen LogP contribution >= 0.6 is 0 Å². The van der Waals surface area contributed by atoms with Crippen LogP contribution in [0, 0.1) is 0 Å². The molecule has 0 unspecified atom stereocenters. The molecule has 7 heteroatoms. The lowest BCUT2D eigenvalue weighted by Gasteiger charge is -2.36. The number of methoxy groups -OCH3 is 1. The first kappa shape index (κ1) is 18.7. The van der Waals surface area contributed by atoms with Crippen LogP contribution < -0.4 is 19.9 Å². The Kier molecular flexibility index (Phi) is 5.56. The van der Waals surface area contributed by atoms with Crippen LogP contribution in [0.5, 0.6) is 5.75 Å². The molecule has 1 aromatic carbocycles. The maximum absolute atomic E-state index is 12.4. The number of carbonyl (C=O) groups is 1. The number of hydrogen-bond acceptors (Lipinski definition) is 6. The van der Waals surface area contributed by atoms with Gasteiger partial charge in [-0.2, -0.15) is 0 Å². The molecule has 0 atom stereocenters. The molecular weight excluding hydrogens is 366 g/mol. The average molecular weight is 389 g/mol. The van der Waals surface area contributed by atoms with E-state index in [0.717, 1.165) is 43.6 Å². The molecule has 7 nitrogen and oxygen atoms in total. The fourth-order valence-corrected chi connectivity index (χ4v) is 3.29. The minimum Gasteiger partial charge on any atom is -0.497 e. The molecule has 2 aromatic heterocycles. The highest BCUT2D eigenvalue weighted by Crippen LogP contribution is 2.19. The molecule has 1 aliphatic rings. The minimum atomic E-state index is -0.186. The Morgan fingerprint density at radius 1 is 0.897 bits per heavy atom. The molecule has 0 radical (unpaired) electrons. The van der Waals surface area contributed by atoms with Gasteiger partial charge in [-0.3, -0.25) is 4.79 Å². The lowest BCUT2D eigenvalue weighted by atomic mass is 10.2. The number of nitrogens with zero attached hydrogens (tertiary/aromatic N) is 4. The molecule has 1 aliphatic heterocycles. The van der Waals surface area contributed by atoms with E-state index in [1.165, 1.54) is 0 Å². The van der Waals surface area contributed by atoms with E-state index in [9.17, 15) is 4.79 Å². The summed E-state index contributed by atoms with van der Waals surface area (Å²) in [6.45, 7) is 3.50. The van der Waals surface area contributed by atoms with Gasteiger partial charge in [0.15, 0.2) is 0 Å². The van der Waals surface area contributed by atoms with Crippen molar-refractivity contribution in [3.8, 4) is 5.75 Å². The summed E-state index contributed by atoms with van der Waals surface area (Å²) in [7, 11) is 1.61. The standard InChI is InChI=1S/C22H23N5O2/c1-29-19-8-6-18(7-9-19)25-22(28)17-5-10-21(24-16-17)27-14-12-26(13-15-27)20-4-2-3-11-23-20/h2-11,16H,12-15H2,1H3,(H,25,28). The van der Waals surface area contributed by atoms with Gasteiger partial charge in [0.2, 0.25) is 0 Å². The number of rotatable bonds is 5. The van der Waals surface area contributed by atoms with Gasteiger partial charge in [0.1, 0.15) is 17.4 Å². The third-order valence-corrected chi connectivity index (χ3v) is 4.93. The number of aromatic nitrogens is 2. The number of ether oxygens (including phenoxy) is 1. The molecule has 0 spiro atoms. The normalized spacial score (nSPS) is 13.8. The maximum Gasteiger partial charge on any atom is 0.257 e. The third-order valence-electron chi connectivity index (χ3n) is 4.93. The van der Waals surface area contributed by atoms with E-state index in [1.807, 2.05) is 48.7 Å². The summed E-state index contributed by atoms with van der Waals surface area (Å²) in [5, 5.41) is 2.87. The number of amides is 1. The zero-order valence-electron chi connectivity index (χ0n) is 16.3. The van der Waals surface area contributed by atoms with Crippen molar-refractivity contribution < 1.29 is 9.53 Å². The molecule has 1 fully saturated rings. The van der Waals surface area contributed by atoms with Crippen LogP contribution in [0.25, 0.3) is 0 Å². The second kappa shape index (κ2) is 8.60. The van der Waals surface area contributed by atoms with Crippen LogP contribution in [0.3, 0.4) is 0 Å². The summed E-state index contributed by atoms with van der Waals surface area (Å²) in [5.74, 6) is 2.45. The van der Waals surface area contributed by atoms with E-state index in [4.69, 9.17) is 4.74 Å². The van der Waals surface area contributed by atoms with Crippen LogP contribution in [0.1, 0.15) is 10.4 Å². The van der Waals surface area contributed by atoms with Gasteiger partial charge in [0.05, 0.1) is 12.7 Å². The monoisotopic (exact) mass is 389 g/mol. The van der Waals surface area contributed by atoms with Gasteiger partial charge in [-0.05, 0) is 48.5 Å². The van der Waals surface area contributed by atoms with Crippen molar-refractivity contribution in [2.24, 2.45) is 0 Å². The number of nitrogens with one attached hydrogen (secondary N) is 1. The van der Waals surface area contributed by atoms with E-state index in [-0.39, 0.29) is 5.91 Å². The summed E-state index contributed by atoms with van der Waals surface area (Å²) < 4.78 is 5.13. The molecule has 4 rings (SSSR count). The van der Waals surface area contributed by atoms with Gasteiger partial charge >= 0.3 is 0 Å². The third kappa shape index (κ3) is 4.45. The van der Waals surface area contributed by atoms with Crippen molar-refractivity contribution in [1.29, 1.82) is 0 Å². The van der Waals surface area contributed by atoms with Crippen molar-refractivity contribution in [2.75, 3.05) is 48.4 Å². The van der Waals surface area contributed by atoms with Crippen molar-refractivity contribution >= 4 is 23.2 Å². The predicted octanol–water partition coefficient (Wildman–Crippen LogP) is 3.06. The Morgan fingerprint density at radius 2 is 1.59 bits per heavy atom. The first-order valence-electron chi connectivity index (χ1n) is 9.55. The molecular formula is C22H23N5O2. The Morgan fingerprint density at radius 3 is 2.14 bits per heavy atom. The molecule has 0 saturated carbocycles. The number of hydrogen-bond donors (Lipinski definition) is 1. The van der Waals surface area contributed by atoms with Gasteiger partial charge in [0, 0.05) is 44.3 Å². The zero-order valence-corrected chi connectivity index (χ0v) is 16.3. The van der Waals surface area contributed by atoms with Crippen molar-refractivity contribution in [3.63, 3.8) is 0 Å². The van der Waals surface area contributed by atoms with Crippen LogP contribution in [0.4, 0.5) is 17.3 Å². The molecule has 3 heterocycles. The number of piperazine rings is 1. The minimum absolute atomic E-state index is 0.186. The van der Waals surface area contributed by atoms with Crippen molar-refractivity contribution in [3.05, 3.63) is 72.6 Å². The van der Waals surface area contributed by atoms with Crippen LogP contribution in [0.2, 0.25) is 0 Å². The van der Waals surface area contributed by atoms with Crippen LogP contribution in [-0.4, -0.2) is 49.2 Å². The van der Waals surface area contributed by atoms with Crippen molar-refractivity contribution in [2.45, 2.75) is 0 Å². The van der Waals surface area contributed by atoms with E-state index in [2.05, 4.69) is 25.1 Å². The Bertz CT molecular complexity index is 937. The number of pyridine rings is 2.